The Labute approximate surface area is 123 Å². The molecule has 108 valence electrons. The first-order valence-corrected chi connectivity index (χ1v) is 7.72. The van der Waals surface area contributed by atoms with Crippen LogP contribution in [0.1, 0.15) is 51.9 Å². The molecule has 0 bridgehead atoms. The van der Waals surface area contributed by atoms with Crippen molar-refractivity contribution in [3.05, 3.63) is 15.9 Å². The second-order valence-electron chi connectivity index (χ2n) is 4.85. The highest BCUT2D eigenvalue weighted by Gasteiger charge is 2.37. The molecule has 4 nitrogen and oxygen atoms in total. The largest absolute Gasteiger partial charge is 0.481 e. The Balaban J connectivity index is 3.23. The number of halogens is 1. The standard InChI is InChI=1S/C14H23BrN2O2/c1-5-10-12(15)11(17(8-4)16-10)9-14(6-2,7-3)13(18)19/h5-9H2,1-4H3,(H,18,19). The minimum Gasteiger partial charge on any atom is -0.481 e. The van der Waals surface area contributed by atoms with Crippen LogP contribution in [0.4, 0.5) is 0 Å². The maximum absolute atomic E-state index is 11.6. The molecule has 0 aliphatic heterocycles. The van der Waals surface area contributed by atoms with Gasteiger partial charge in [-0.1, -0.05) is 20.8 Å². The summed E-state index contributed by atoms with van der Waals surface area (Å²) >= 11 is 3.59. The van der Waals surface area contributed by atoms with E-state index in [1.165, 1.54) is 0 Å². The first kappa shape index (κ1) is 16.2. The average molecular weight is 331 g/mol. The van der Waals surface area contributed by atoms with Gasteiger partial charge in [-0.25, -0.2) is 0 Å². The quantitative estimate of drug-likeness (QED) is 0.829. The third-order valence-electron chi connectivity index (χ3n) is 4.01. The fourth-order valence-corrected chi connectivity index (χ4v) is 3.09. The predicted molar refractivity (Wildman–Crippen MR) is 79.3 cm³/mol. The summed E-state index contributed by atoms with van der Waals surface area (Å²) < 4.78 is 2.90. The van der Waals surface area contributed by atoms with E-state index in [2.05, 4.69) is 28.0 Å². The summed E-state index contributed by atoms with van der Waals surface area (Å²) in [5.74, 6) is -0.716. The van der Waals surface area contributed by atoms with Crippen molar-refractivity contribution in [3.8, 4) is 0 Å². The van der Waals surface area contributed by atoms with Gasteiger partial charge < -0.3 is 5.11 Å². The molecular weight excluding hydrogens is 308 g/mol. The predicted octanol–water partition coefficient (Wildman–Crippen LogP) is 3.66. The molecular formula is C14H23BrN2O2. The topological polar surface area (TPSA) is 55.1 Å². The van der Waals surface area contributed by atoms with E-state index in [0.29, 0.717) is 19.3 Å². The first-order chi connectivity index (χ1) is 8.95. The van der Waals surface area contributed by atoms with Crippen molar-refractivity contribution in [1.29, 1.82) is 0 Å². The molecule has 5 heteroatoms. The molecule has 0 aliphatic carbocycles. The minimum atomic E-state index is -0.716. The van der Waals surface area contributed by atoms with Crippen LogP contribution in [0.15, 0.2) is 4.47 Å². The van der Waals surface area contributed by atoms with Crippen LogP contribution in [0, 0.1) is 5.41 Å². The summed E-state index contributed by atoms with van der Waals surface area (Å²) in [4.78, 5) is 11.6. The number of nitrogens with zero attached hydrogens (tertiary/aromatic N) is 2. The van der Waals surface area contributed by atoms with Crippen molar-refractivity contribution in [2.24, 2.45) is 5.41 Å². The number of hydrogen-bond donors (Lipinski definition) is 1. The van der Waals surface area contributed by atoms with Gasteiger partial charge in [0.25, 0.3) is 0 Å². The van der Waals surface area contributed by atoms with Gasteiger partial charge in [0.05, 0.1) is 21.3 Å². The molecule has 1 aromatic heterocycles. The lowest BCUT2D eigenvalue weighted by atomic mass is 9.78. The van der Waals surface area contributed by atoms with Crippen LogP contribution in [0.25, 0.3) is 0 Å². The molecule has 0 amide bonds. The molecule has 1 rings (SSSR count). The summed E-state index contributed by atoms with van der Waals surface area (Å²) in [6, 6.07) is 0. The molecule has 19 heavy (non-hydrogen) atoms. The fourth-order valence-electron chi connectivity index (χ4n) is 2.38. The van der Waals surface area contributed by atoms with Gasteiger partial charge in [-0.05, 0) is 42.1 Å². The monoisotopic (exact) mass is 330 g/mol. The van der Waals surface area contributed by atoms with E-state index in [0.717, 1.165) is 28.8 Å². The number of carbonyl (C=O) groups is 1. The molecule has 1 N–H and O–H groups in total. The van der Waals surface area contributed by atoms with Crippen molar-refractivity contribution in [2.75, 3.05) is 0 Å². The molecule has 0 radical (unpaired) electrons. The minimum absolute atomic E-state index is 0.525. The lowest BCUT2D eigenvalue weighted by molar-refractivity contribution is -0.149. The maximum Gasteiger partial charge on any atom is 0.310 e. The molecule has 1 heterocycles. The van der Waals surface area contributed by atoms with Crippen LogP contribution in [-0.2, 0) is 24.2 Å². The lowest BCUT2D eigenvalue weighted by Gasteiger charge is -2.27. The van der Waals surface area contributed by atoms with Gasteiger partial charge in [-0.2, -0.15) is 5.10 Å². The summed E-state index contributed by atoms with van der Waals surface area (Å²) in [7, 11) is 0. The van der Waals surface area contributed by atoms with Gasteiger partial charge in [0, 0.05) is 13.0 Å². The Kier molecular flexibility index (Phi) is 5.59. The molecule has 0 unspecified atom stereocenters. The number of carboxylic acids is 1. The summed E-state index contributed by atoms with van der Waals surface area (Å²) in [6.07, 6.45) is 2.62. The lowest BCUT2D eigenvalue weighted by Crippen LogP contribution is -2.33. The highest BCUT2D eigenvalue weighted by atomic mass is 79.9. The van der Waals surface area contributed by atoms with Crippen LogP contribution in [0.2, 0.25) is 0 Å². The van der Waals surface area contributed by atoms with E-state index < -0.39 is 11.4 Å². The van der Waals surface area contributed by atoms with E-state index in [-0.39, 0.29) is 0 Å². The van der Waals surface area contributed by atoms with Gasteiger partial charge in [-0.15, -0.1) is 0 Å². The molecule has 0 fully saturated rings. The van der Waals surface area contributed by atoms with E-state index >= 15 is 0 Å². The summed E-state index contributed by atoms with van der Waals surface area (Å²) in [5, 5.41) is 14.1. The van der Waals surface area contributed by atoms with Crippen LogP contribution >= 0.6 is 15.9 Å². The van der Waals surface area contributed by atoms with Gasteiger partial charge in [0.2, 0.25) is 0 Å². The average Bonchev–Trinajstić information content (AvgIpc) is 2.71. The maximum atomic E-state index is 11.6. The molecule has 1 aromatic rings. The van der Waals surface area contributed by atoms with E-state index in [4.69, 9.17) is 0 Å². The zero-order valence-electron chi connectivity index (χ0n) is 12.2. The van der Waals surface area contributed by atoms with Crippen molar-refractivity contribution in [1.82, 2.24) is 9.78 Å². The van der Waals surface area contributed by atoms with Gasteiger partial charge >= 0.3 is 5.97 Å². The van der Waals surface area contributed by atoms with Crippen molar-refractivity contribution < 1.29 is 9.90 Å². The van der Waals surface area contributed by atoms with Crippen LogP contribution in [0.3, 0.4) is 0 Å². The SMILES string of the molecule is CCc1nn(CC)c(CC(CC)(CC)C(=O)O)c1Br. The van der Waals surface area contributed by atoms with Crippen molar-refractivity contribution in [3.63, 3.8) is 0 Å². The number of hydrogen-bond acceptors (Lipinski definition) is 2. The molecule has 0 aliphatic rings. The second-order valence-corrected chi connectivity index (χ2v) is 5.64. The van der Waals surface area contributed by atoms with Crippen molar-refractivity contribution in [2.45, 2.75) is 59.9 Å². The molecule has 0 saturated heterocycles. The van der Waals surface area contributed by atoms with E-state index in [1.54, 1.807) is 0 Å². The van der Waals surface area contributed by atoms with Gasteiger partial charge in [0.1, 0.15) is 0 Å². The third-order valence-corrected chi connectivity index (χ3v) is 4.92. The van der Waals surface area contributed by atoms with Crippen LogP contribution in [-0.4, -0.2) is 20.9 Å². The van der Waals surface area contributed by atoms with E-state index in [1.807, 2.05) is 25.5 Å². The van der Waals surface area contributed by atoms with Crippen LogP contribution in [0.5, 0.6) is 0 Å². The number of rotatable bonds is 7. The zero-order chi connectivity index (χ0) is 14.6. The number of aromatic nitrogens is 2. The first-order valence-electron chi connectivity index (χ1n) is 6.93. The summed E-state index contributed by atoms with van der Waals surface area (Å²) in [6.45, 7) is 8.73. The Morgan fingerprint density at radius 1 is 1.32 bits per heavy atom. The second kappa shape index (κ2) is 6.55. The number of carboxylic acid groups (broad SMARTS) is 1. The Bertz CT molecular complexity index is 451. The number of aliphatic carboxylic acids is 1. The highest BCUT2D eigenvalue weighted by Crippen LogP contribution is 2.35. The van der Waals surface area contributed by atoms with E-state index in [9.17, 15) is 9.90 Å². The van der Waals surface area contributed by atoms with Crippen LogP contribution < -0.4 is 0 Å². The zero-order valence-corrected chi connectivity index (χ0v) is 13.7. The Morgan fingerprint density at radius 3 is 2.26 bits per heavy atom. The van der Waals surface area contributed by atoms with Crippen molar-refractivity contribution >= 4 is 21.9 Å². The molecule has 0 aromatic carbocycles. The molecule has 0 spiro atoms. The molecule has 0 atom stereocenters. The normalized spacial score (nSPS) is 11.8. The number of aryl methyl sites for hydroxylation is 2. The summed E-state index contributed by atoms with van der Waals surface area (Å²) in [5.41, 5.74) is 1.31. The smallest absolute Gasteiger partial charge is 0.310 e. The molecule has 0 saturated carbocycles. The van der Waals surface area contributed by atoms with Gasteiger partial charge in [-0.3, -0.25) is 9.48 Å². The van der Waals surface area contributed by atoms with Gasteiger partial charge in [0.15, 0.2) is 0 Å². The Morgan fingerprint density at radius 2 is 1.89 bits per heavy atom. The Hall–Kier alpha value is -0.840. The fraction of sp³-hybridized carbons (Fsp3) is 0.714. The highest BCUT2D eigenvalue weighted by molar-refractivity contribution is 9.10. The third kappa shape index (κ3) is 3.02.